The van der Waals surface area contributed by atoms with Crippen LogP contribution in [0.25, 0.3) is 0 Å². The van der Waals surface area contributed by atoms with E-state index in [0.29, 0.717) is 23.7 Å². The molecule has 3 fully saturated rings. The fourth-order valence-electron chi connectivity index (χ4n) is 4.98. The van der Waals surface area contributed by atoms with Gasteiger partial charge in [0.2, 0.25) is 0 Å². The predicted octanol–water partition coefficient (Wildman–Crippen LogP) is 2.99. The Balaban J connectivity index is 1.97. The minimum absolute atomic E-state index is 0.0582. The smallest absolute Gasteiger partial charge is 0.0718 e. The zero-order valence-electron chi connectivity index (χ0n) is 11.6. The maximum atomic E-state index is 10.3. The van der Waals surface area contributed by atoms with Crippen molar-refractivity contribution in [3.05, 3.63) is 0 Å². The highest BCUT2D eigenvalue weighted by molar-refractivity contribution is 5.12. The summed E-state index contributed by atoms with van der Waals surface area (Å²) in [6.45, 7) is 9.15. The number of rotatable bonds is 1. The summed E-state index contributed by atoms with van der Waals surface area (Å²) in [5.41, 5.74) is 0.0472. The molecule has 1 aliphatic carbocycles. The summed E-state index contributed by atoms with van der Waals surface area (Å²) >= 11 is 0. The van der Waals surface area contributed by atoms with Crippen LogP contribution in [0.5, 0.6) is 0 Å². The first-order valence-corrected chi connectivity index (χ1v) is 7.26. The average Bonchev–Trinajstić information content (AvgIpc) is 2.66. The lowest BCUT2D eigenvalue weighted by molar-refractivity contribution is -0.208. The van der Waals surface area contributed by atoms with Crippen LogP contribution in [0, 0.1) is 23.7 Å². The van der Waals surface area contributed by atoms with Gasteiger partial charge in [-0.25, -0.2) is 0 Å². The lowest BCUT2D eigenvalue weighted by Crippen LogP contribution is -2.53. The van der Waals surface area contributed by atoms with Crippen molar-refractivity contribution in [3.63, 3.8) is 0 Å². The summed E-state index contributed by atoms with van der Waals surface area (Å²) in [7, 11) is 0. The summed E-state index contributed by atoms with van der Waals surface area (Å²) in [6, 6.07) is 0. The molecule has 2 bridgehead atoms. The Hall–Kier alpha value is -0.0800. The topological polar surface area (TPSA) is 29.5 Å². The molecule has 2 aliphatic heterocycles. The van der Waals surface area contributed by atoms with Crippen molar-refractivity contribution < 1.29 is 9.84 Å². The molecule has 0 aromatic carbocycles. The molecule has 0 spiro atoms. The third-order valence-corrected chi connectivity index (χ3v) is 6.04. The van der Waals surface area contributed by atoms with Crippen LogP contribution in [-0.2, 0) is 4.74 Å². The van der Waals surface area contributed by atoms with Gasteiger partial charge in [-0.05, 0) is 50.4 Å². The number of ether oxygens (including phenoxy) is 1. The quantitative estimate of drug-likeness (QED) is 0.761. The van der Waals surface area contributed by atoms with Gasteiger partial charge in [0, 0.05) is 5.92 Å². The van der Waals surface area contributed by atoms with Gasteiger partial charge >= 0.3 is 0 Å². The third-order valence-electron chi connectivity index (χ3n) is 6.04. The first-order chi connectivity index (χ1) is 7.88. The first-order valence-electron chi connectivity index (χ1n) is 7.26. The Kier molecular flexibility index (Phi) is 2.45. The molecule has 3 aliphatic rings. The molecule has 2 saturated heterocycles. The summed E-state index contributed by atoms with van der Waals surface area (Å²) in [5, 5.41) is 10.3. The Morgan fingerprint density at radius 3 is 2.65 bits per heavy atom. The minimum Gasteiger partial charge on any atom is -0.393 e. The highest BCUT2D eigenvalue weighted by Crippen LogP contribution is 2.61. The Labute approximate surface area is 105 Å². The largest absolute Gasteiger partial charge is 0.393 e. The lowest BCUT2D eigenvalue weighted by Gasteiger charge is -2.49. The van der Waals surface area contributed by atoms with Crippen molar-refractivity contribution in [1.29, 1.82) is 0 Å². The Morgan fingerprint density at radius 2 is 2.00 bits per heavy atom. The van der Waals surface area contributed by atoms with E-state index < -0.39 is 0 Å². The van der Waals surface area contributed by atoms with Crippen molar-refractivity contribution in [3.8, 4) is 0 Å². The van der Waals surface area contributed by atoms with Crippen LogP contribution in [0.15, 0.2) is 0 Å². The minimum atomic E-state index is -0.136. The van der Waals surface area contributed by atoms with E-state index in [0.717, 1.165) is 12.8 Å². The number of aliphatic hydroxyl groups excluding tert-OH is 1. The van der Waals surface area contributed by atoms with E-state index in [1.54, 1.807) is 0 Å². The predicted molar refractivity (Wildman–Crippen MR) is 67.7 cm³/mol. The van der Waals surface area contributed by atoms with E-state index in [-0.39, 0.29) is 17.3 Å². The molecule has 1 N–H and O–H groups in total. The van der Waals surface area contributed by atoms with Gasteiger partial charge in [0.15, 0.2) is 0 Å². The lowest BCUT2D eigenvalue weighted by atomic mass is 9.71. The second-order valence-electron chi connectivity index (χ2n) is 7.31. The van der Waals surface area contributed by atoms with Gasteiger partial charge in [0.1, 0.15) is 0 Å². The van der Waals surface area contributed by atoms with Crippen molar-refractivity contribution in [2.45, 2.75) is 70.7 Å². The van der Waals surface area contributed by atoms with E-state index in [1.807, 2.05) is 0 Å². The molecule has 1 saturated carbocycles. The monoisotopic (exact) mass is 238 g/mol. The van der Waals surface area contributed by atoms with Gasteiger partial charge < -0.3 is 9.84 Å². The molecule has 0 aromatic heterocycles. The van der Waals surface area contributed by atoms with Gasteiger partial charge in [-0.3, -0.25) is 0 Å². The SMILES string of the molecule is CC(C)[C@@]12CC[C@@](C)(O1)[C@@H]1[C@H](C2)[C@H](C)C[C@H]1O. The van der Waals surface area contributed by atoms with Gasteiger partial charge in [-0.15, -0.1) is 0 Å². The van der Waals surface area contributed by atoms with Crippen LogP contribution in [0.1, 0.15) is 53.4 Å². The number of aliphatic hydroxyl groups is 1. The maximum absolute atomic E-state index is 10.3. The molecule has 2 heteroatoms. The van der Waals surface area contributed by atoms with Crippen LogP contribution in [0.4, 0.5) is 0 Å². The summed E-state index contributed by atoms with van der Waals surface area (Å²) in [6.07, 6.45) is 4.33. The number of fused-ring (bicyclic) bond motifs is 4. The zero-order valence-corrected chi connectivity index (χ0v) is 11.6. The van der Waals surface area contributed by atoms with Gasteiger partial charge in [0.05, 0.1) is 17.3 Å². The maximum Gasteiger partial charge on any atom is 0.0718 e. The molecule has 0 amide bonds. The molecule has 17 heavy (non-hydrogen) atoms. The average molecular weight is 238 g/mol. The molecular formula is C15H26O2. The van der Waals surface area contributed by atoms with Crippen molar-refractivity contribution in [2.24, 2.45) is 23.7 Å². The van der Waals surface area contributed by atoms with Gasteiger partial charge in [-0.2, -0.15) is 0 Å². The second kappa shape index (κ2) is 3.48. The van der Waals surface area contributed by atoms with E-state index in [9.17, 15) is 5.11 Å². The molecule has 98 valence electrons. The molecule has 3 rings (SSSR count). The molecule has 0 radical (unpaired) electrons. The normalized spacial score (nSPS) is 57.5. The van der Waals surface area contributed by atoms with Crippen molar-refractivity contribution >= 4 is 0 Å². The number of hydrogen-bond acceptors (Lipinski definition) is 2. The third kappa shape index (κ3) is 1.46. The number of hydrogen-bond donors (Lipinski definition) is 1. The fourth-order valence-corrected chi connectivity index (χ4v) is 4.98. The van der Waals surface area contributed by atoms with Crippen LogP contribution in [0.2, 0.25) is 0 Å². The molecule has 0 aromatic rings. The van der Waals surface area contributed by atoms with Crippen LogP contribution < -0.4 is 0 Å². The highest BCUT2D eigenvalue weighted by Gasteiger charge is 2.63. The van der Waals surface area contributed by atoms with Crippen LogP contribution in [0.3, 0.4) is 0 Å². The van der Waals surface area contributed by atoms with E-state index in [1.165, 1.54) is 12.8 Å². The summed E-state index contributed by atoms with van der Waals surface area (Å²) in [5.74, 6) is 2.31. The summed E-state index contributed by atoms with van der Waals surface area (Å²) in [4.78, 5) is 0. The van der Waals surface area contributed by atoms with Crippen LogP contribution in [-0.4, -0.2) is 22.4 Å². The molecule has 0 unspecified atom stereocenters. The Morgan fingerprint density at radius 1 is 1.29 bits per heavy atom. The standard InChI is InChI=1S/C15H26O2/c1-9(2)15-6-5-14(4,17-15)13-11(8-15)10(3)7-12(13)16/h9-13,16H,5-8H2,1-4H3/t10-,11-,12-,13-,14-,15+/m1/s1. The van der Waals surface area contributed by atoms with E-state index in [2.05, 4.69) is 27.7 Å². The molecule has 6 atom stereocenters. The zero-order chi connectivity index (χ0) is 12.4. The van der Waals surface area contributed by atoms with Gasteiger partial charge in [-0.1, -0.05) is 20.8 Å². The molecule has 2 nitrogen and oxygen atoms in total. The molecule has 2 heterocycles. The van der Waals surface area contributed by atoms with E-state index >= 15 is 0 Å². The fraction of sp³-hybridized carbons (Fsp3) is 1.00. The Bertz CT molecular complexity index is 327. The second-order valence-corrected chi connectivity index (χ2v) is 7.31. The summed E-state index contributed by atoms with van der Waals surface area (Å²) < 4.78 is 6.51. The highest BCUT2D eigenvalue weighted by atomic mass is 16.5. The first kappa shape index (κ1) is 12.0. The van der Waals surface area contributed by atoms with Crippen molar-refractivity contribution in [2.75, 3.05) is 0 Å². The van der Waals surface area contributed by atoms with Crippen LogP contribution >= 0.6 is 0 Å². The molecular weight excluding hydrogens is 212 g/mol. The van der Waals surface area contributed by atoms with Crippen molar-refractivity contribution in [1.82, 2.24) is 0 Å². The van der Waals surface area contributed by atoms with Gasteiger partial charge in [0.25, 0.3) is 0 Å². The van der Waals surface area contributed by atoms with E-state index in [4.69, 9.17) is 4.74 Å².